The fourth-order valence-corrected chi connectivity index (χ4v) is 1.51. The molecule has 9 heteroatoms. The molecule has 6 N–H and O–H groups in total. The van der Waals surface area contributed by atoms with E-state index in [1.54, 1.807) is 0 Å². The van der Waals surface area contributed by atoms with Gasteiger partial charge in [-0.25, -0.2) is 4.79 Å². The molecule has 0 radical (unpaired) electrons. The second-order valence-electron chi connectivity index (χ2n) is 3.57. The maximum Gasteiger partial charge on any atom is 0.335 e. The van der Waals surface area contributed by atoms with Crippen LogP contribution in [0.2, 0.25) is 0 Å². The molecule has 0 aromatic carbocycles. The Labute approximate surface area is 95.2 Å². The first kappa shape index (κ1) is 13.8. The lowest BCUT2D eigenvalue weighted by atomic mass is 9.97. The number of hydrogen-bond donors (Lipinski definition) is 6. The van der Waals surface area contributed by atoms with E-state index in [1.807, 2.05) is 0 Å². The Kier molecular flexibility index (Phi) is 4.37. The van der Waals surface area contributed by atoms with Crippen LogP contribution in [0, 0.1) is 0 Å². The number of carboxylic acids is 2. The summed E-state index contributed by atoms with van der Waals surface area (Å²) >= 11 is 0. The fraction of sp³-hybridized carbons (Fsp3) is 0.750. The SMILES string of the molecule is O=C(O)CN[C@@H]1[C@@H](O)[C@H](O)[C@H](C(=O)O)O[C@H]1O. The van der Waals surface area contributed by atoms with E-state index in [4.69, 9.17) is 10.2 Å². The number of carbonyl (C=O) groups is 2. The quantitative estimate of drug-likeness (QED) is 0.299. The van der Waals surface area contributed by atoms with Crippen molar-refractivity contribution in [2.75, 3.05) is 6.54 Å². The molecule has 0 bridgehead atoms. The van der Waals surface area contributed by atoms with Crippen molar-refractivity contribution in [3.63, 3.8) is 0 Å². The maximum atomic E-state index is 10.6. The van der Waals surface area contributed by atoms with Gasteiger partial charge < -0.3 is 30.3 Å². The van der Waals surface area contributed by atoms with E-state index >= 15 is 0 Å². The molecule has 0 aliphatic carbocycles. The zero-order chi connectivity index (χ0) is 13.2. The number of aliphatic hydroxyl groups excluding tert-OH is 3. The minimum Gasteiger partial charge on any atom is -0.480 e. The highest BCUT2D eigenvalue weighted by Crippen LogP contribution is 2.19. The molecule has 0 saturated carbocycles. The first-order chi connectivity index (χ1) is 7.84. The fourth-order valence-electron chi connectivity index (χ4n) is 1.51. The number of aliphatic carboxylic acids is 2. The molecule has 1 fully saturated rings. The monoisotopic (exact) mass is 251 g/mol. The van der Waals surface area contributed by atoms with Crippen LogP contribution in [0.25, 0.3) is 0 Å². The molecule has 0 aromatic heterocycles. The second-order valence-corrected chi connectivity index (χ2v) is 3.57. The number of aliphatic hydroxyl groups is 3. The van der Waals surface area contributed by atoms with Crippen molar-refractivity contribution in [2.24, 2.45) is 0 Å². The largest absolute Gasteiger partial charge is 0.480 e. The van der Waals surface area contributed by atoms with Gasteiger partial charge in [0.05, 0.1) is 12.6 Å². The highest BCUT2D eigenvalue weighted by Gasteiger charge is 2.46. The van der Waals surface area contributed by atoms with E-state index in [0.717, 1.165) is 0 Å². The molecule has 1 aliphatic heterocycles. The van der Waals surface area contributed by atoms with Gasteiger partial charge in [0.15, 0.2) is 12.4 Å². The molecule has 1 heterocycles. The van der Waals surface area contributed by atoms with Crippen molar-refractivity contribution in [3.05, 3.63) is 0 Å². The maximum absolute atomic E-state index is 10.6. The first-order valence-corrected chi connectivity index (χ1v) is 4.72. The van der Waals surface area contributed by atoms with E-state index in [1.165, 1.54) is 0 Å². The first-order valence-electron chi connectivity index (χ1n) is 4.72. The van der Waals surface area contributed by atoms with E-state index in [2.05, 4.69) is 10.1 Å². The summed E-state index contributed by atoms with van der Waals surface area (Å²) in [5.74, 6) is -2.77. The van der Waals surface area contributed by atoms with Crippen LogP contribution in [-0.2, 0) is 14.3 Å². The van der Waals surface area contributed by atoms with Gasteiger partial charge in [-0.05, 0) is 0 Å². The van der Waals surface area contributed by atoms with E-state index in [0.29, 0.717) is 0 Å². The Morgan fingerprint density at radius 2 is 1.71 bits per heavy atom. The minimum absolute atomic E-state index is 0.577. The van der Waals surface area contributed by atoms with Crippen LogP contribution in [0.1, 0.15) is 0 Å². The van der Waals surface area contributed by atoms with Gasteiger partial charge in [-0.1, -0.05) is 0 Å². The molecule has 0 spiro atoms. The van der Waals surface area contributed by atoms with Crippen LogP contribution in [0.5, 0.6) is 0 Å². The average molecular weight is 251 g/mol. The smallest absolute Gasteiger partial charge is 0.335 e. The standard InChI is InChI=1S/C8H13NO8/c10-2(11)1-9-3-4(12)5(13)6(7(14)15)17-8(3)16/h3-6,8-9,12-13,16H,1H2,(H,10,11)(H,14,15)/t3-,4-,5+,6-,8-/m1/s1. The molecule has 98 valence electrons. The van der Waals surface area contributed by atoms with Gasteiger partial charge in [0.25, 0.3) is 0 Å². The van der Waals surface area contributed by atoms with Gasteiger partial charge in [0.1, 0.15) is 12.2 Å². The summed E-state index contributed by atoms with van der Waals surface area (Å²) in [5, 5.41) is 47.6. The molecule has 0 unspecified atom stereocenters. The summed E-state index contributed by atoms with van der Waals surface area (Å²) in [7, 11) is 0. The van der Waals surface area contributed by atoms with Gasteiger partial charge in [0.2, 0.25) is 0 Å². The summed E-state index contributed by atoms with van der Waals surface area (Å²) in [4.78, 5) is 20.9. The number of nitrogens with one attached hydrogen (secondary N) is 1. The highest BCUT2D eigenvalue weighted by atomic mass is 16.6. The third kappa shape index (κ3) is 3.11. The van der Waals surface area contributed by atoms with Crippen molar-refractivity contribution >= 4 is 11.9 Å². The summed E-state index contributed by atoms with van der Waals surface area (Å²) in [5.41, 5.74) is 0. The molecule has 9 nitrogen and oxygen atoms in total. The summed E-state index contributed by atoms with van der Waals surface area (Å²) in [6.07, 6.45) is -6.90. The average Bonchev–Trinajstić information content (AvgIpc) is 2.22. The van der Waals surface area contributed by atoms with Gasteiger partial charge in [-0.3, -0.25) is 10.1 Å². The Morgan fingerprint density at radius 1 is 1.12 bits per heavy atom. The van der Waals surface area contributed by atoms with Crippen LogP contribution in [-0.4, -0.2) is 74.7 Å². The minimum atomic E-state index is -1.76. The van der Waals surface area contributed by atoms with Crippen LogP contribution >= 0.6 is 0 Å². The number of hydrogen-bond acceptors (Lipinski definition) is 7. The Bertz CT molecular complexity index is 308. The topological polar surface area (TPSA) is 157 Å². The molecular formula is C8H13NO8. The van der Waals surface area contributed by atoms with Gasteiger partial charge in [-0.15, -0.1) is 0 Å². The number of carboxylic acid groups (broad SMARTS) is 2. The van der Waals surface area contributed by atoms with Crippen LogP contribution in [0.4, 0.5) is 0 Å². The van der Waals surface area contributed by atoms with Crippen molar-refractivity contribution in [3.8, 4) is 0 Å². The second kappa shape index (κ2) is 5.38. The summed E-state index contributed by atoms with van der Waals surface area (Å²) in [6.45, 7) is -0.577. The molecule has 1 aliphatic rings. The summed E-state index contributed by atoms with van der Waals surface area (Å²) < 4.78 is 4.57. The van der Waals surface area contributed by atoms with E-state index in [-0.39, 0.29) is 0 Å². The Morgan fingerprint density at radius 3 is 2.18 bits per heavy atom. The van der Waals surface area contributed by atoms with Crippen molar-refractivity contribution < 1.29 is 39.9 Å². The van der Waals surface area contributed by atoms with Crippen LogP contribution in [0.3, 0.4) is 0 Å². The zero-order valence-electron chi connectivity index (χ0n) is 8.55. The zero-order valence-corrected chi connectivity index (χ0v) is 8.55. The van der Waals surface area contributed by atoms with E-state index < -0.39 is 49.1 Å². The third-order valence-electron chi connectivity index (χ3n) is 2.35. The Hall–Kier alpha value is -1.26. The molecule has 1 rings (SSSR count). The third-order valence-corrected chi connectivity index (χ3v) is 2.35. The number of rotatable bonds is 4. The lowest BCUT2D eigenvalue weighted by Gasteiger charge is -2.39. The number of ether oxygens (including phenoxy) is 1. The van der Waals surface area contributed by atoms with Crippen LogP contribution in [0.15, 0.2) is 0 Å². The van der Waals surface area contributed by atoms with Gasteiger partial charge >= 0.3 is 11.9 Å². The lowest BCUT2D eigenvalue weighted by Crippen LogP contribution is -2.64. The van der Waals surface area contributed by atoms with Crippen molar-refractivity contribution in [1.82, 2.24) is 5.32 Å². The highest BCUT2D eigenvalue weighted by molar-refractivity contribution is 5.73. The molecule has 1 saturated heterocycles. The summed E-state index contributed by atoms with van der Waals surface area (Å²) in [6, 6.07) is -1.28. The predicted octanol–water partition coefficient (Wildman–Crippen LogP) is -3.45. The van der Waals surface area contributed by atoms with Crippen molar-refractivity contribution in [1.29, 1.82) is 0 Å². The van der Waals surface area contributed by atoms with Gasteiger partial charge in [-0.2, -0.15) is 0 Å². The normalized spacial score (nSPS) is 37.7. The molecule has 5 atom stereocenters. The molecule has 17 heavy (non-hydrogen) atoms. The molecule has 0 aromatic rings. The van der Waals surface area contributed by atoms with Gasteiger partial charge in [0, 0.05) is 0 Å². The van der Waals surface area contributed by atoms with E-state index in [9.17, 15) is 24.9 Å². The van der Waals surface area contributed by atoms with Crippen molar-refractivity contribution in [2.45, 2.75) is 30.6 Å². The van der Waals surface area contributed by atoms with Crippen LogP contribution < -0.4 is 5.32 Å². The lowest BCUT2D eigenvalue weighted by molar-refractivity contribution is -0.249. The Balaban J connectivity index is 2.69. The predicted molar refractivity (Wildman–Crippen MR) is 50.0 cm³/mol. The molecule has 0 amide bonds. The molecular weight excluding hydrogens is 238 g/mol.